The van der Waals surface area contributed by atoms with Gasteiger partial charge in [0.15, 0.2) is 16.7 Å². The minimum atomic E-state index is -0.530. The molecule has 2 aromatic carbocycles. The van der Waals surface area contributed by atoms with Crippen LogP contribution >= 0.6 is 11.3 Å². The summed E-state index contributed by atoms with van der Waals surface area (Å²) in [5, 5.41) is 7.05. The van der Waals surface area contributed by atoms with E-state index >= 15 is 0 Å². The molecule has 2 heterocycles. The van der Waals surface area contributed by atoms with Crippen LogP contribution in [-0.2, 0) is 0 Å². The number of nitrogens with one attached hydrogen (secondary N) is 2. The molecule has 1 aromatic heterocycles. The average Bonchev–Trinajstić information content (AvgIpc) is 3.14. The summed E-state index contributed by atoms with van der Waals surface area (Å²) in [5.41, 5.74) is 8.28. The van der Waals surface area contributed by atoms with E-state index in [0.29, 0.717) is 10.0 Å². The van der Waals surface area contributed by atoms with Crippen molar-refractivity contribution in [1.29, 1.82) is 0 Å². The second-order valence-corrected chi connectivity index (χ2v) is 7.82. The highest BCUT2D eigenvalue weighted by Crippen LogP contribution is 2.31. The maximum Gasteiger partial charge on any atom is 0.206 e. The van der Waals surface area contributed by atoms with E-state index in [-0.39, 0.29) is 22.9 Å². The predicted molar refractivity (Wildman–Crippen MR) is 118 cm³/mol. The zero-order chi connectivity index (χ0) is 21.1. The van der Waals surface area contributed by atoms with Crippen LogP contribution in [0.3, 0.4) is 0 Å². The van der Waals surface area contributed by atoms with Gasteiger partial charge in [0.2, 0.25) is 5.78 Å². The van der Waals surface area contributed by atoms with E-state index in [1.165, 1.54) is 31.0 Å². The zero-order valence-electron chi connectivity index (χ0n) is 16.4. The standard InChI is InChI=1S/C21H22FN5O2S/c1-29-17-12-13(2-7-16(17)22)18(28)19-20(23)26-21(30-19)25-14-3-5-15(6-4-14)27-10-8-24-9-11-27/h2-7,12,24H,8-11,23H2,1H3,(H,25,26). The molecule has 1 aliphatic heterocycles. The Bertz CT molecular complexity index is 1050. The van der Waals surface area contributed by atoms with Gasteiger partial charge in [-0.2, -0.15) is 0 Å². The molecule has 0 bridgehead atoms. The normalized spacial score (nSPS) is 13.9. The Morgan fingerprint density at radius 3 is 2.67 bits per heavy atom. The lowest BCUT2D eigenvalue weighted by atomic mass is 10.1. The summed E-state index contributed by atoms with van der Waals surface area (Å²) >= 11 is 1.16. The highest BCUT2D eigenvalue weighted by Gasteiger charge is 2.20. The fourth-order valence-corrected chi connectivity index (χ4v) is 4.15. The minimum absolute atomic E-state index is 0.00635. The largest absolute Gasteiger partial charge is 0.494 e. The molecular formula is C21H22FN5O2S. The first-order chi connectivity index (χ1) is 14.5. The highest BCUT2D eigenvalue weighted by molar-refractivity contribution is 7.18. The first-order valence-corrected chi connectivity index (χ1v) is 10.3. The number of hydrogen-bond donors (Lipinski definition) is 3. The van der Waals surface area contributed by atoms with Gasteiger partial charge in [0.25, 0.3) is 0 Å². The van der Waals surface area contributed by atoms with Crippen molar-refractivity contribution in [1.82, 2.24) is 10.3 Å². The lowest BCUT2D eigenvalue weighted by molar-refractivity contribution is 0.104. The van der Waals surface area contributed by atoms with Gasteiger partial charge in [-0.05, 0) is 42.5 Å². The van der Waals surface area contributed by atoms with Crippen LogP contribution in [-0.4, -0.2) is 44.1 Å². The van der Waals surface area contributed by atoms with E-state index in [9.17, 15) is 9.18 Å². The third-order valence-corrected chi connectivity index (χ3v) is 5.86. The molecule has 0 amide bonds. The molecule has 1 aliphatic rings. The lowest BCUT2D eigenvalue weighted by Crippen LogP contribution is -2.43. The molecular weight excluding hydrogens is 405 g/mol. The molecule has 0 atom stereocenters. The van der Waals surface area contributed by atoms with E-state index in [4.69, 9.17) is 10.5 Å². The number of benzene rings is 2. The van der Waals surface area contributed by atoms with Gasteiger partial charge in [0.1, 0.15) is 10.7 Å². The number of anilines is 4. The van der Waals surface area contributed by atoms with Crippen LogP contribution in [0.4, 0.5) is 26.7 Å². The molecule has 0 aliphatic carbocycles. The lowest BCUT2D eigenvalue weighted by Gasteiger charge is -2.29. The summed E-state index contributed by atoms with van der Waals surface area (Å²) in [4.78, 5) is 19.7. The van der Waals surface area contributed by atoms with E-state index < -0.39 is 5.82 Å². The number of rotatable bonds is 6. The third kappa shape index (κ3) is 4.22. The number of aromatic nitrogens is 1. The number of carbonyl (C=O) groups is 1. The van der Waals surface area contributed by atoms with Crippen molar-refractivity contribution in [2.24, 2.45) is 0 Å². The summed E-state index contributed by atoms with van der Waals surface area (Å²) in [5.74, 6) is -0.719. The monoisotopic (exact) mass is 427 g/mol. The summed E-state index contributed by atoms with van der Waals surface area (Å²) in [6.07, 6.45) is 0. The van der Waals surface area contributed by atoms with Gasteiger partial charge in [0, 0.05) is 43.1 Å². The molecule has 1 fully saturated rings. The number of methoxy groups -OCH3 is 1. The summed E-state index contributed by atoms with van der Waals surface area (Å²) in [7, 11) is 1.35. The number of thiazole rings is 1. The Kier molecular flexibility index (Phi) is 5.82. The van der Waals surface area contributed by atoms with Crippen LogP contribution < -0.4 is 26.0 Å². The van der Waals surface area contributed by atoms with Crippen molar-refractivity contribution in [3.63, 3.8) is 0 Å². The quantitative estimate of drug-likeness (QED) is 0.520. The van der Waals surface area contributed by atoms with Crippen LogP contribution in [0.1, 0.15) is 15.2 Å². The Morgan fingerprint density at radius 1 is 1.23 bits per heavy atom. The van der Waals surface area contributed by atoms with Crippen LogP contribution in [0.25, 0.3) is 0 Å². The molecule has 0 unspecified atom stereocenters. The molecule has 4 rings (SSSR count). The maximum absolute atomic E-state index is 13.6. The summed E-state index contributed by atoms with van der Waals surface area (Å²) in [6.45, 7) is 3.93. The Labute approximate surface area is 177 Å². The Hall–Kier alpha value is -3.17. The van der Waals surface area contributed by atoms with Crippen molar-refractivity contribution in [3.8, 4) is 5.75 Å². The smallest absolute Gasteiger partial charge is 0.206 e. The van der Waals surface area contributed by atoms with Crippen LogP contribution in [0, 0.1) is 5.82 Å². The molecule has 156 valence electrons. The molecule has 0 radical (unpaired) electrons. The predicted octanol–water partition coefficient (Wildman–Crippen LogP) is 3.26. The van der Waals surface area contributed by atoms with Gasteiger partial charge in [-0.3, -0.25) is 4.79 Å². The van der Waals surface area contributed by atoms with Gasteiger partial charge in [0.05, 0.1) is 7.11 Å². The van der Waals surface area contributed by atoms with Crippen LogP contribution in [0.5, 0.6) is 5.75 Å². The van der Waals surface area contributed by atoms with Gasteiger partial charge in [-0.1, -0.05) is 11.3 Å². The number of ketones is 1. The SMILES string of the molecule is COc1cc(C(=O)c2sc(Nc3ccc(N4CCNCC4)cc3)nc2N)ccc1F. The molecule has 0 saturated carbocycles. The third-order valence-electron chi connectivity index (χ3n) is 4.87. The minimum Gasteiger partial charge on any atom is -0.494 e. The molecule has 4 N–H and O–H groups in total. The average molecular weight is 428 g/mol. The van der Waals surface area contributed by atoms with Gasteiger partial charge in [-0.25, -0.2) is 9.37 Å². The second kappa shape index (κ2) is 8.68. The van der Waals surface area contributed by atoms with Crippen molar-refractivity contribution < 1.29 is 13.9 Å². The maximum atomic E-state index is 13.6. The number of hydrogen-bond acceptors (Lipinski definition) is 8. The van der Waals surface area contributed by atoms with Gasteiger partial charge < -0.3 is 26.0 Å². The van der Waals surface area contributed by atoms with Crippen molar-refractivity contribution in [2.75, 3.05) is 49.2 Å². The van der Waals surface area contributed by atoms with Crippen LogP contribution in [0.15, 0.2) is 42.5 Å². The topological polar surface area (TPSA) is 92.5 Å². The molecule has 30 heavy (non-hydrogen) atoms. The Balaban J connectivity index is 1.49. The fourth-order valence-electron chi connectivity index (χ4n) is 3.28. The fraction of sp³-hybridized carbons (Fsp3) is 0.238. The number of halogens is 1. The molecule has 3 aromatic rings. The number of piperazine rings is 1. The van der Waals surface area contributed by atoms with Crippen molar-refractivity contribution >= 4 is 39.4 Å². The number of ether oxygens (including phenoxy) is 1. The molecule has 9 heteroatoms. The zero-order valence-corrected chi connectivity index (χ0v) is 17.3. The summed E-state index contributed by atoms with van der Waals surface area (Å²) in [6, 6.07) is 12.0. The summed E-state index contributed by atoms with van der Waals surface area (Å²) < 4.78 is 18.6. The number of nitrogens with zero attached hydrogens (tertiary/aromatic N) is 2. The van der Waals surface area contributed by atoms with Crippen molar-refractivity contribution in [3.05, 3.63) is 58.7 Å². The number of nitrogens with two attached hydrogens (primary N) is 1. The van der Waals surface area contributed by atoms with Crippen molar-refractivity contribution in [2.45, 2.75) is 0 Å². The van der Waals surface area contributed by atoms with E-state index in [0.717, 1.165) is 43.2 Å². The van der Waals surface area contributed by atoms with Crippen LogP contribution in [0.2, 0.25) is 0 Å². The first kappa shape index (κ1) is 20.1. The molecule has 0 spiro atoms. The molecule has 1 saturated heterocycles. The number of nitrogen functional groups attached to an aromatic ring is 1. The first-order valence-electron chi connectivity index (χ1n) is 9.52. The van der Waals surface area contributed by atoms with E-state index in [1.54, 1.807) is 0 Å². The van der Waals surface area contributed by atoms with Gasteiger partial charge in [-0.15, -0.1) is 0 Å². The highest BCUT2D eigenvalue weighted by atomic mass is 32.1. The van der Waals surface area contributed by atoms with Gasteiger partial charge >= 0.3 is 0 Å². The number of carbonyl (C=O) groups excluding carboxylic acids is 1. The van der Waals surface area contributed by atoms with E-state index in [2.05, 4.69) is 32.7 Å². The second-order valence-electron chi connectivity index (χ2n) is 6.82. The Morgan fingerprint density at radius 2 is 1.97 bits per heavy atom. The molecule has 7 nitrogen and oxygen atoms in total. The van der Waals surface area contributed by atoms with E-state index in [1.807, 2.05) is 12.1 Å².